The first-order chi connectivity index (χ1) is 4.31. The standard InChI is InChI=1S/C6H15NO2/c1-6(9-7)4-2-3-5-8/h6,8H,2-5,7H2,1H3. The van der Waals surface area contributed by atoms with Gasteiger partial charge in [0.05, 0.1) is 6.10 Å². The van der Waals surface area contributed by atoms with E-state index in [4.69, 9.17) is 11.0 Å². The van der Waals surface area contributed by atoms with Gasteiger partial charge in [0, 0.05) is 6.61 Å². The van der Waals surface area contributed by atoms with E-state index in [0.29, 0.717) is 0 Å². The summed E-state index contributed by atoms with van der Waals surface area (Å²) in [5, 5.41) is 8.38. The molecule has 0 aliphatic rings. The molecule has 0 saturated heterocycles. The number of aliphatic hydroxyl groups excluding tert-OH is 1. The van der Waals surface area contributed by atoms with Crippen LogP contribution in [0.2, 0.25) is 0 Å². The summed E-state index contributed by atoms with van der Waals surface area (Å²) in [7, 11) is 0. The summed E-state index contributed by atoms with van der Waals surface area (Å²) in [5.74, 6) is 4.89. The number of unbranched alkanes of at least 4 members (excludes halogenated alkanes) is 1. The molecule has 0 heterocycles. The average molecular weight is 133 g/mol. The van der Waals surface area contributed by atoms with Crippen molar-refractivity contribution in [3.63, 3.8) is 0 Å². The lowest BCUT2D eigenvalue weighted by atomic mass is 10.2. The van der Waals surface area contributed by atoms with Crippen molar-refractivity contribution in [2.45, 2.75) is 32.3 Å². The molecular weight excluding hydrogens is 118 g/mol. The Kier molecular flexibility index (Phi) is 5.93. The third-order valence-electron chi connectivity index (χ3n) is 1.25. The van der Waals surface area contributed by atoms with Gasteiger partial charge in [0.1, 0.15) is 0 Å². The summed E-state index contributed by atoms with van der Waals surface area (Å²) in [6.07, 6.45) is 2.87. The third-order valence-corrected chi connectivity index (χ3v) is 1.25. The molecule has 0 saturated carbocycles. The zero-order valence-corrected chi connectivity index (χ0v) is 5.84. The van der Waals surface area contributed by atoms with Crippen LogP contribution in [0, 0.1) is 0 Å². The molecule has 0 radical (unpaired) electrons. The van der Waals surface area contributed by atoms with Crippen molar-refractivity contribution in [1.29, 1.82) is 0 Å². The van der Waals surface area contributed by atoms with Gasteiger partial charge < -0.3 is 9.94 Å². The highest BCUT2D eigenvalue weighted by Gasteiger charge is 1.97. The predicted octanol–water partition coefficient (Wildman–Crippen LogP) is 0.428. The van der Waals surface area contributed by atoms with Crippen LogP contribution in [0.4, 0.5) is 0 Å². The van der Waals surface area contributed by atoms with Gasteiger partial charge in [-0.15, -0.1) is 0 Å². The third kappa shape index (κ3) is 5.76. The lowest BCUT2D eigenvalue weighted by Crippen LogP contribution is -2.12. The van der Waals surface area contributed by atoms with Gasteiger partial charge in [0.25, 0.3) is 0 Å². The summed E-state index contributed by atoms with van der Waals surface area (Å²) in [4.78, 5) is 4.52. The highest BCUT2D eigenvalue weighted by atomic mass is 16.6. The molecule has 1 unspecified atom stereocenters. The smallest absolute Gasteiger partial charge is 0.0759 e. The van der Waals surface area contributed by atoms with Gasteiger partial charge in [0.15, 0.2) is 0 Å². The van der Waals surface area contributed by atoms with E-state index in [9.17, 15) is 0 Å². The molecule has 0 aromatic heterocycles. The lowest BCUT2D eigenvalue weighted by Gasteiger charge is -2.05. The predicted molar refractivity (Wildman–Crippen MR) is 35.7 cm³/mol. The minimum absolute atomic E-state index is 0.122. The van der Waals surface area contributed by atoms with E-state index in [-0.39, 0.29) is 12.7 Å². The lowest BCUT2D eigenvalue weighted by molar-refractivity contribution is 0.0580. The normalized spacial score (nSPS) is 13.7. The Morgan fingerprint density at radius 1 is 1.56 bits per heavy atom. The zero-order chi connectivity index (χ0) is 7.11. The van der Waals surface area contributed by atoms with Gasteiger partial charge in [-0.1, -0.05) is 0 Å². The van der Waals surface area contributed by atoms with Gasteiger partial charge in [0.2, 0.25) is 0 Å². The second-order valence-corrected chi connectivity index (χ2v) is 2.17. The van der Waals surface area contributed by atoms with Crippen LogP contribution < -0.4 is 5.90 Å². The van der Waals surface area contributed by atoms with Gasteiger partial charge in [-0.2, -0.15) is 0 Å². The van der Waals surface area contributed by atoms with Crippen molar-refractivity contribution in [3.05, 3.63) is 0 Å². The van der Waals surface area contributed by atoms with Crippen molar-refractivity contribution in [2.75, 3.05) is 6.61 Å². The van der Waals surface area contributed by atoms with E-state index in [1.165, 1.54) is 0 Å². The minimum Gasteiger partial charge on any atom is -0.396 e. The van der Waals surface area contributed by atoms with Gasteiger partial charge in [-0.05, 0) is 26.2 Å². The number of hydrogen-bond donors (Lipinski definition) is 2. The molecule has 0 rings (SSSR count). The van der Waals surface area contributed by atoms with Crippen molar-refractivity contribution >= 4 is 0 Å². The number of nitrogens with two attached hydrogens (primary N) is 1. The molecule has 3 heteroatoms. The molecule has 3 nitrogen and oxygen atoms in total. The summed E-state index contributed by atoms with van der Waals surface area (Å²) >= 11 is 0. The first-order valence-corrected chi connectivity index (χ1v) is 3.27. The van der Waals surface area contributed by atoms with Crippen molar-refractivity contribution in [1.82, 2.24) is 0 Å². The largest absolute Gasteiger partial charge is 0.396 e. The van der Waals surface area contributed by atoms with Crippen LogP contribution in [0.1, 0.15) is 26.2 Å². The Morgan fingerprint density at radius 2 is 2.22 bits per heavy atom. The van der Waals surface area contributed by atoms with Crippen LogP contribution in [0.5, 0.6) is 0 Å². The molecule has 0 aromatic rings. The van der Waals surface area contributed by atoms with Crippen molar-refractivity contribution in [3.8, 4) is 0 Å². The highest BCUT2D eigenvalue weighted by Crippen LogP contribution is 2.00. The number of aliphatic hydroxyl groups is 1. The second kappa shape index (κ2) is 6.01. The van der Waals surface area contributed by atoms with Crippen LogP contribution in [-0.4, -0.2) is 17.8 Å². The van der Waals surface area contributed by atoms with Crippen LogP contribution >= 0.6 is 0 Å². The SMILES string of the molecule is CC(CCCCO)ON. The van der Waals surface area contributed by atoms with E-state index >= 15 is 0 Å². The van der Waals surface area contributed by atoms with Crippen LogP contribution in [0.3, 0.4) is 0 Å². The quantitative estimate of drug-likeness (QED) is 0.422. The van der Waals surface area contributed by atoms with Crippen LogP contribution in [-0.2, 0) is 4.84 Å². The summed E-state index contributed by atoms with van der Waals surface area (Å²) in [6.45, 7) is 2.18. The second-order valence-electron chi connectivity index (χ2n) is 2.17. The zero-order valence-electron chi connectivity index (χ0n) is 5.84. The minimum atomic E-state index is 0.122. The van der Waals surface area contributed by atoms with Crippen LogP contribution in [0.15, 0.2) is 0 Å². The number of rotatable bonds is 5. The molecular formula is C6H15NO2. The van der Waals surface area contributed by atoms with Gasteiger partial charge in [-0.25, -0.2) is 5.90 Å². The molecule has 3 N–H and O–H groups in total. The Hall–Kier alpha value is -0.120. The Bertz CT molecular complexity index is 59.0. The molecule has 0 aliphatic carbocycles. The average Bonchev–Trinajstić information content (AvgIpc) is 1.89. The molecule has 0 spiro atoms. The van der Waals surface area contributed by atoms with E-state index in [0.717, 1.165) is 19.3 Å². The maximum atomic E-state index is 8.38. The topological polar surface area (TPSA) is 55.5 Å². The molecule has 9 heavy (non-hydrogen) atoms. The molecule has 0 aromatic carbocycles. The van der Waals surface area contributed by atoms with E-state index in [1.54, 1.807) is 0 Å². The molecule has 1 atom stereocenters. The summed E-state index contributed by atoms with van der Waals surface area (Å²) in [6, 6.07) is 0. The van der Waals surface area contributed by atoms with Gasteiger partial charge >= 0.3 is 0 Å². The fraction of sp³-hybridized carbons (Fsp3) is 1.00. The number of hydrogen-bond acceptors (Lipinski definition) is 3. The monoisotopic (exact) mass is 133 g/mol. The maximum Gasteiger partial charge on any atom is 0.0759 e. The molecule has 0 fully saturated rings. The Morgan fingerprint density at radius 3 is 2.67 bits per heavy atom. The Labute approximate surface area is 55.8 Å². The fourth-order valence-electron chi connectivity index (χ4n) is 0.612. The Balaban J connectivity index is 2.88. The fourth-order valence-corrected chi connectivity index (χ4v) is 0.612. The maximum absolute atomic E-state index is 8.38. The van der Waals surface area contributed by atoms with E-state index < -0.39 is 0 Å². The van der Waals surface area contributed by atoms with Gasteiger partial charge in [-0.3, -0.25) is 0 Å². The summed E-state index contributed by atoms with van der Waals surface area (Å²) < 4.78 is 0. The molecule has 56 valence electrons. The van der Waals surface area contributed by atoms with E-state index in [2.05, 4.69) is 4.84 Å². The first-order valence-electron chi connectivity index (χ1n) is 3.27. The van der Waals surface area contributed by atoms with E-state index in [1.807, 2.05) is 6.92 Å². The molecule has 0 aliphatic heterocycles. The molecule has 0 amide bonds. The van der Waals surface area contributed by atoms with Crippen LogP contribution in [0.25, 0.3) is 0 Å². The summed E-state index contributed by atoms with van der Waals surface area (Å²) in [5.41, 5.74) is 0. The first kappa shape index (κ1) is 8.88. The highest BCUT2D eigenvalue weighted by molar-refractivity contribution is 4.47. The van der Waals surface area contributed by atoms with Crippen molar-refractivity contribution < 1.29 is 9.94 Å². The molecule has 0 bridgehead atoms. The van der Waals surface area contributed by atoms with Crippen molar-refractivity contribution in [2.24, 2.45) is 5.90 Å².